The van der Waals surface area contributed by atoms with Crippen LogP contribution in [0.15, 0.2) is 30.6 Å². The summed E-state index contributed by atoms with van der Waals surface area (Å²) in [5, 5.41) is 6.21. The highest BCUT2D eigenvalue weighted by Gasteiger charge is 2.25. The minimum absolute atomic E-state index is 0.00440. The molecule has 2 N–H and O–H groups in total. The van der Waals surface area contributed by atoms with E-state index in [2.05, 4.69) is 25.6 Å². The van der Waals surface area contributed by atoms with Crippen molar-refractivity contribution in [2.24, 2.45) is 0 Å². The monoisotopic (exact) mass is 398 g/mol. The molecule has 3 heterocycles. The molecule has 0 aromatic carbocycles. The lowest BCUT2D eigenvalue weighted by Gasteiger charge is -2.31. The zero-order valence-corrected chi connectivity index (χ0v) is 16.7. The Balaban J connectivity index is 1.55. The van der Waals surface area contributed by atoms with E-state index in [1.54, 1.807) is 37.2 Å². The van der Waals surface area contributed by atoms with E-state index in [-0.39, 0.29) is 18.0 Å². The Morgan fingerprint density at radius 2 is 2.07 bits per heavy atom. The number of piperidine rings is 1. The second kappa shape index (κ2) is 9.81. The van der Waals surface area contributed by atoms with Crippen molar-refractivity contribution in [3.8, 4) is 0 Å². The van der Waals surface area contributed by atoms with Crippen molar-refractivity contribution in [2.75, 3.05) is 25.0 Å². The molecule has 0 bridgehead atoms. The lowest BCUT2D eigenvalue weighted by Crippen LogP contribution is -2.46. The standard InChI is InChI=1S/C20H26N6O3/c1-3-29-20(28)26-9-6-16(7-10-26)25-19(27)17-11-18(24-14(2)23-17)22-13-15-5-4-8-21-12-15/h4-5,8,11-12,16H,3,6-7,9-10,13H2,1-2H3,(H,25,27)(H,22,23,24). The molecule has 1 aliphatic heterocycles. The van der Waals surface area contributed by atoms with Crippen LogP contribution in [0.3, 0.4) is 0 Å². The van der Waals surface area contributed by atoms with Crippen molar-refractivity contribution in [3.05, 3.63) is 47.7 Å². The van der Waals surface area contributed by atoms with Crippen molar-refractivity contribution in [3.63, 3.8) is 0 Å². The lowest BCUT2D eigenvalue weighted by molar-refractivity contribution is 0.0856. The van der Waals surface area contributed by atoms with Crippen LogP contribution in [0.25, 0.3) is 0 Å². The fourth-order valence-corrected chi connectivity index (χ4v) is 3.15. The number of nitrogens with one attached hydrogen (secondary N) is 2. The molecule has 9 nitrogen and oxygen atoms in total. The van der Waals surface area contributed by atoms with Crippen molar-refractivity contribution in [1.29, 1.82) is 0 Å². The van der Waals surface area contributed by atoms with Crippen LogP contribution in [-0.4, -0.2) is 57.6 Å². The molecule has 3 rings (SSSR count). The lowest BCUT2D eigenvalue weighted by atomic mass is 10.1. The number of carbonyl (C=O) groups is 2. The molecule has 9 heteroatoms. The highest BCUT2D eigenvalue weighted by Crippen LogP contribution is 2.13. The maximum absolute atomic E-state index is 12.7. The Morgan fingerprint density at radius 1 is 1.28 bits per heavy atom. The molecule has 0 atom stereocenters. The SMILES string of the molecule is CCOC(=O)N1CCC(NC(=O)c2cc(NCc3cccnc3)nc(C)n2)CC1. The average Bonchev–Trinajstić information content (AvgIpc) is 2.73. The summed E-state index contributed by atoms with van der Waals surface area (Å²) in [4.78, 5) is 38.8. The number of rotatable bonds is 6. The van der Waals surface area contributed by atoms with E-state index in [9.17, 15) is 9.59 Å². The maximum atomic E-state index is 12.7. The van der Waals surface area contributed by atoms with Gasteiger partial charge in [0, 0.05) is 44.1 Å². The first kappa shape index (κ1) is 20.5. The number of carbonyl (C=O) groups excluding carboxylic acids is 2. The summed E-state index contributed by atoms with van der Waals surface area (Å²) < 4.78 is 5.02. The highest BCUT2D eigenvalue weighted by atomic mass is 16.6. The van der Waals surface area contributed by atoms with Gasteiger partial charge in [-0.15, -0.1) is 0 Å². The molecular weight excluding hydrogens is 372 g/mol. The predicted molar refractivity (Wildman–Crippen MR) is 107 cm³/mol. The molecule has 2 aromatic rings. The molecule has 154 valence electrons. The molecule has 1 aliphatic rings. The Kier molecular flexibility index (Phi) is 6.94. The van der Waals surface area contributed by atoms with Gasteiger partial charge in [-0.2, -0.15) is 0 Å². The van der Waals surface area contributed by atoms with E-state index in [0.29, 0.717) is 56.4 Å². The van der Waals surface area contributed by atoms with Crippen LogP contribution in [-0.2, 0) is 11.3 Å². The Morgan fingerprint density at radius 3 is 2.76 bits per heavy atom. The van der Waals surface area contributed by atoms with Crippen LogP contribution < -0.4 is 10.6 Å². The van der Waals surface area contributed by atoms with Gasteiger partial charge >= 0.3 is 6.09 Å². The number of aryl methyl sites for hydroxylation is 1. The molecule has 0 radical (unpaired) electrons. The number of amides is 2. The number of hydrogen-bond acceptors (Lipinski definition) is 7. The second-order valence-electron chi connectivity index (χ2n) is 6.83. The summed E-state index contributed by atoms with van der Waals surface area (Å²) in [7, 11) is 0. The molecule has 2 amide bonds. The minimum atomic E-state index is -0.298. The summed E-state index contributed by atoms with van der Waals surface area (Å²) in [5.41, 5.74) is 1.34. The average molecular weight is 398 g/mol. The third kappa shape index (κ3) is 5.87. The van der Waals surface area contributed by atoms with Crippen molar-refractivity contribution in [1.82, 2.24) is 25.2 Å². The van der Waals surface area contributed by atoms with Gasteiger partial charge in [0.25, 0.3) is 5.91 Å². The topological polar surface area (TPSA) is 109 Å². The smallest absolute Gasteiger partial charge is 0.409 e. The van der Waals surface area contributed by atoms with E-state index < -0.39 is 0 Å². The van der Waals surface area contributed by atoms with E-state index in [1.165, 1.54) is 0 Å². The van der Waals surface area contributed by atoms with Crippen LogP contribution in [0.5, 0.6) is 0 Å². The first-order valence-corrected chi connectivity index (χ1v) is 9.76. The van der Waals surface area contributed by atoms with E-state index >= 15 is 0 Å². The summed E-state index contributed by atoms with van der Waals surface area (Å²) in [6.45, 7) is 5.57. The van der Waals surface area contributed by atoms with Crippen molar-refractivity contribution >= 4 is 17.8 Å². The predicted octanol–water partition coefficient (Wildman–Crippen LogP) is 2.14. The summed E-state index contributed by atoms with van der Waals surface area (Å²) in [6.07, 6.45) is 4.56. The second-order valence-corrected chi connectivity index (χ2v) is 6.83. The van der Waals surface area contributed by atoms with Gasteiger partial charge in [0.2, 0.25) is 0 Å². The first-order valence-electron chi connectivity index (χ1n) is 9.76. The molecule has 0 aliphatic carbocycles. The largest absolute Gasteiger partial charge is 0.450 e. The quantitative estimate of drug-likeness (QED) is 0.767. The Bertz CT molecular complexity index is 837. The van der Waals surface area contributed by atoms with Gasteiger partial charge in [-0.25, -0.2) is 14.8 Å². The highest BCUT2D eigenvalue weighted by molar-refractivity contribution is 5.93. The number of ether oxygens (including phenoxy) is 1. The van der Waals surface area contributed by atoms with Crippen LogP contribution in [0.4, 0.5) is 10.6 Å². The number of nitrogens with zero attached hydrogens (tertiary/aromatic N) is 4. The maximum Gasteiger partial charge on any atom is 0.409 e. The number of hydrogen-bond donors (Lipinski definition) is 2. The van der Waals surface area contributed by atoms with Gasteiger partial charge in [0.1, 0.15) is 17.3 Å². The molecule has 1 fully saturated rings. The normalized spacial score (nSPS) is 14.3. The molecule has 29 heavy (non-hydrogen) atoms. The molecule has 0 spiro atoms. The van der Waals surface area contributed by atoms with Crippen LogP contribution in [0.2, 0.25) is 0 Å². The van der Waals surface area contributed by atoms with Crippen LogP contribution >= 0.6 is 0 Å². The molecular formula is C20H26N6O3. The third-order valence-corrected chi connectivity index (χ3v) is 4.62. The van der Waals surface area contributed by atoms with Crippen molar-refractivity contribution in [2.45, 2.75) is 39.3 Å². The van der Waals surface area contributed by atoms with Gasteiger partial charge < -0.3 is 20.3 Å². The first-order chi connectivity index (χ1) is 14.0. The van der Waals surface area contributed by atoms with E-state index in [0.717, 1.165) is 5.56 Å². The number of aromatic nitrogens is 3. The van der Waals surface area contributed by atoms with Gasteiger partial charge in [-0.05, 0) is 38.3 Å². The minimum Gasteiger partial charge on any atom is -0.450 e. The van der Waals surface area contributed by atoms with Gasteiger partial charge in [-0.1, -0.05) is 6.07 Å². The molecule has 2 aromatic heterocycles. The van der Waals surface area contributed by atoms with Gasteiger partial charge in [0.05, 0.1) is 6.61 Å². The Labute approximate surface area is 169 Å². The molecule has 0 saturated carbocycles. The van der Waals surface area contributed by atoms with Gasteiger partial charge in [0.15, 0.2) is 0 Å². The van der Waals surface area contributed by atoms with E-state index in [1.807, 2.05) is 12.1 Å². The summed E-state index contributed by atoms with van der Waals surface area (Å²) >= 11 is 0. The van der Waals surface area contributed by atoms with E-state index in [4.69, 9.17) is 4.74 Å². The zero-order valence-electron chi connectivity index (χ0n) is 16.7. The van der Waals surface area contributed by atoms with Gasteiger partial charge in [-0.3, -0.25) is 9.78 Å². The fourth-order valence-electron chi connectivity index (χ4n) is 3.15. The third-order valence-electron chi connectivity index (χ3n) is 4.62. The van der Waals surface area contributed by atoms with Crippen molar-refractivity contribution < 1.29 is 14.3 Å². The molecule has 1 saturated heterocycles. The number of pyridine rings is 1. The zero-order chi connectivity index (χ0) is 20.6. The number of likely N-dealkylation sites (tertiary alicyclic amines) is 1. The number of anilines is 1. The summed E-state index contributed by atoms with van der Waals surface area (Å²) in [5.74, 6) is 0.863. The Hall–Kier alpha value is -3.23. The molecule has 0 unspecified atom stereocenters. The van der Waals surface area contributed by atoms with Crippen LogP contribution in [0.1, 0.15) is 41.6 Å². The summed E-state index contributed by atoms with van der Waals surface area (Å²) in [6, 6.07) is 5.47. The van der Waals surface area contributed by atoms with Crippen LogP contribution in [0, 0.1) is 6.92 Å². The fraction of sp³-hybridized carbons (Fsp3) is 0.450.